The van der Waals surface area contributed by atoms with Crippen molar-refractivity contribution in [3.05, 3.63) is 30.1 Å². The Morgan fingerprint density at radius 1 is 1.45 bits per heavy atom. The molecule has 3 fully saturated rings. The normalized spacial score (nSPS) is 30.9. The highest BCUT2D eigenvalue weighted by molar-refractivity contribution is 7.89. The van der Waals surface area contributed by atoms with E-state index in [9.17, 15) is 12.8 Å². The van der Waals surface area contributed by atoms with Crippen LogP contribution in [0.2, 0.25) is 0 Å². The topological polar surface area (TPSA) is 49.4 Å². The van der Waals surface area contributed by atoms with Crippen molar-refractivity contribution in [2.75, 3.05) is 19.6 Å². The second-order valence-corrected chi connectivity index (χ2v) is 7.78. The molecule has 0 saturated carbocycles. The van der Waals surface area contributed by atoms with Crippen molar-refractivity contribution in [2.24, 2.45) is 11.8 Å². The number of benzene rings is 1. The fourth-order valence-electron chi connectivity index (χ4n) is 3.46. The average Bonchev–Trinajstić information content (AvgIpc) is 2.53. The molecule has 3 aliphatic heterocycles. The number of piperidine rings is 3. The Hall–Kier alpha value is -1.42. The molecule has 1 unspecified atom stereocenters. The van der Waals surface area contributed by atoms with Crippen molar-refractivity contribution in [2.45, 2.75) is 23.8 Å². The van der Waals surface area contributed by atoms with E-state index in [1.807, 2.05) is 0 Å². The third-order valence-corrected chi connectivity index (χ3v) is 6.13. The Kier molecular flexibility index (Phi) is 4.22. The van der Waals surface area contributed by atoms with Gasteiger partial charge in [0.1, 0.15) is 5.82 Å². The molecule has 0 radical (unpaired) electrons. The van der Waals surface area contributed by atoms with Gasteiger partial charge in [0, 0.05) is 25.0 Å². The van der Waals surface area contributed by atoms with Crippen molar-refractivity contribution < 1.29 is 12.8 Å². The zero-order valence-corrected chi connectivity index (χ0v) is 13.0. The van der Waals surface area contributed by atoms with E-state index >= 15 is 0 Å². The van der Waals surface area contributed by atoms with Gasteiger partial charge in [0.2, 0.25) is 10.0 Å². The molecule has 3 heterocycles. The molecule has 4 atom stereocenters. The maximum absolute atomic E-state index is 13.2. The monoisotopic (exact) mass is 322 g/mol. The summed E-state index contributed by atoms with van der Waals surface area (Å²) in [6, 6.07) is 5.22. The Balaban J connectivity index is 1.65. The lowest BCUT2D eigenvalue weighted by atomic mass is 9.76. The molecule has 3 aliphatic rings. The van der Waals surface area contributed by atoms with Gasteiger partial charge in [-0.25, -0.2) is 17.5 Å². The Bertz CT molecular complexity index is 698. The predicted molar refractivity (Wildman–Crippen MR) is 82.0 cm³/mol. The van der Waals surface area contributed by atoms with E-state index in [1.54, 1.807) is 0 Å². The van der Waals surface area contributed by atoms with Crippen molar-refractivity contribution in [1.82, 2.24) is 9.62 Å². The van der Waals surface area contributed by atoms with Crippen LogP contribution in [0.25, 0.3) is 0 Å². The number of hydrogen-bond donors (Lipinski definition) is 1. The number of halogens is 1. The number of terminal acetylenes is 1. The molecule has 3 saturated heterocycles. The third kappa shape index (κ3) is 3.02. The van der Waals surface area contributed by atoms with E-state index in [-0.39, 0.29) is 16.9 Å². The first kappa shape index (κ1) is 15.5. The highest BCUT2D eigenvalue weighted by Gasteiger charge is 2.39. The quantitative estimate of drug-likeness (QED) is 0.854. The van der Waals surface area contributed by atoms with Gasteiger partial charge in [-0.2, -0.15) is 0 Å². The average molecular weight is 322 g/mol. The van der Waals surface area contributed by atoms with Gasteiger partial charge in [-0.15, -0.1) is 12.3 Å². The predicted octanol–water partition coefficient (Wildman–Crippen LogP) is 1.45. The van der Waals surface area contributed by atoms with Crippen LogP contribution in [-0.2, 0) is 10.0 Å². The molecule has 0 amide bonds. The van der Waals surface area contributed by atoms with E-state index in [4.69, 9.17) is 6.42 Å². The molecule has 6 heteroatoms. The lowest BCUT2D eigenvalue weighted by Crippen LogP contribution is -2.56. The highest BCUT2D eigenvalue weighted by atomic mass is 32.2. The maximum atomic E-state index is 13.2. The van der Waals surface area contributed by atoms with Crippen LogP contribution in [0.5, 0.6) is 0 Å². The van der Waals surface area contributed by atoms with Crippen molar-refractivity contribution in [3.8, 4) is 12.3 Å². The van der Waals surface area contributed by atoms with Crippen LogP contribution in [0.15, 0.2) is 29.2 Å². The minimum atomic E-state index is -3.68. The van der Waals surface area contributed by atoms with Gasteiger partial charge in [-0.3, -0.25) is 4.90 Å². The van der Waals surface area contributed by atoms with Crippen LogP contribution in [0, 0.1) is 30.0 Å². The van der Waals surface area contributed by atoms with Crippen LogP contribution >= 0.6 is 0 Å². The van der Waals surface area contributed by atoms with Crippen LogP contribution in [0.1, 0.15) is 12.8 Å². The molecular weight excluding hydrogens is 303 g/mol. The van der Waals surface area contributed by atoms with Crippen LogP contribution in [0.3, 0.4) is 0 Å². The number of rotatable bonds is 4. The van der Waals surface area contributed by atoms with E-state index in [0.29, 0.717) is 12.5 Å². The first-order chi connectivity index (χ1) is 10.5. The summed E-state index contributed by atoms with van der Waals surface area (Å²) < 4.78 is 40.2. The molecule has 4 rings (SSSR count). The summed E-state index contributed by atoms with van der Waals surface area (Å²) in [5.74, 6) is 3.05. The molecule has 1 aromatic rings. The molecule has 1 N–H and O–H groups in total. The largest absolute Gasteiger partial charge is 0.298 e. The molecule has 0 spiro atoms. The number of nitrogens with zero attached hydrogens (tertiary/aromatic N) is 1. The molecular formula is C16H19FN2O2S. The first-order valence-electron chi connectivity index (χ1n) is 7.45. The smallest absolute Gasteiger partial charge is 0.240 e. The van der Waals surface area contributed by atoms with Gasteiger partial charge in [0.05, 0.1) is 4.90 Å². The van der Waals surface area contributed by atoms with Gasteiger partial charge in [0.25, 0.3) is 0 Å². The Labute approximate surface area is 130 Å². The molecule has 22 heavy (non-hydrogen) atoms. The van der Waals surface area contributed by atoms with Gasteiger partial charge < -0.3 is 0 Å². The van der Waals surface area contributed by atoms with Crippen molar-refractivity contribution in [3.63, 3.8) is 0 Å². The number of hydrogen-bond acceptors (Lipinski definition) is 3. The Morgan fingerprint density at radius 2 is 2.27 bits per heavy atom. The minimum absolute atomic E-state index is 0.0371. The lowest BCUT2D eigenvalue weighted by Gasteiger charge is -2.48. The van der Waals surface area contributed by atoms with Crippen molar-refractivity contribution >= 4 is 10.0 Å². The second kappa shape index (κ2) is 5.99. The Morgan fingerprint density at radius 3 is 2.91 bits per heavy atom. The zero-order chi connectivity index (χ0) is 15.7. The van der Waals surface area contributed by atoms with Gasteiger partial charge in [0.15, 0.2) is 0 Å². The lowest BCUT2D eigenvalue weighted by molar-refractivity contribution is 0.0251. The van der Waals surface area contributed by atoms with Gasteiger partial charge in [-0.1, -0.05) is 6.07 Å². The van der Waals surface area contributed by atoms with Crippen LogP contribution in [0.4, 0.5) is 4.39 Å². The van der Waals surface area contributed by atoms with E-state index in [2.05, 4.69) is 15.5 Å². The van der Waals surface area contributed by atoms with Gasteiger partial charge >= 0.3 is 0 Å². The van der Waals surface area contributed by atoms with Crippen molar-refractivity contribution in [1.29, 1.82) is 0 Å². The molecule has 4 nitrogen and oxygen atoms in total. The summed E-state index contributed by atoms with van der Waals surface area (Å²) in [6.45, 7) is 2.15. The minimum Gasteiger partial charge on any atom is -0.298 e. The molecule has 2 bridgehead atoms. The fourth-order valence-corrected chi connectivity index (χ4v) is 4.57. The summed E-state index contributed by atoms with van der Waals surface area (Å²) in [6.07, 6.45) is 7.55. The molecule has 0 aliphatic carbocycles. The fraction of sp³-hybridized carbons (Fsp3) is 0.500. The molecule has 1 aromatic carbocycles. The van der Waals surface area contributed by atoms with E-state index in [0.717, 1.165) is 32.0 Å². The second-order valence-electron chi connectivity index (χ2n) is 6.02. The van der Waals surface area contributed by atoms with Gasteiger partial charge in [-0.05, 0) is 43.5 Å². The molecule has 118 valence electrons. The standard InChI is InChI=1S/C16H19FN2O2S/c1-2-12-11-19-7-6-13(12)8-15(19)10-18-22(20,21)16-5-3-4-14(17)9-16/h1,3-5,9,12-13,15,18H,6-8,10-11H2/t12-,13+,15-/m1/s1. The number of sulfonamides is 1. The van der Waals surface area contributed by atoms with E-state index < -0.39 is 15.8 Å². The van der Waals surface area contributed by atoms with Crippen LogP contribution < -0.4 is 4.72 Å². The first-order valence-corrected chi connectivity index (χ1v) is 8.93. The number of nitrogens with one attached hydrogen (secondary N) is 1. The summed E-state index contributed by atoms with van der Waals surface area (Å²) >= 11 is 0. The SMILES string of the molecule is C#C[C@@H]1CN2CC[C@H]1C[C@@H]2CNS(=O)(=O)c1cccc(F)c1. The summed E-state index contributed by atoms with van der Waals surface area (Å²) in [5, 5.41) is 0. The summed E-state index contributed by atoms with van der Waals surface area (Å²) in [7, 11) is -3.68. The zero-order valence-electron chi connectivity index (χ0n) is 12.2. The highest BCUT2D eigenvalue weighted by Crippen LogP contribution is 2.35. The molecule has 0 aromatic heterocycles. The third-order valence-electron chi connectivity index (χ3n) is 4.71. The summed E-state index contributed by atoms with van der Waals surface area (Å²) in [4.78, 5) is 2.23. The maximum Gasteiger partial charge on any atom is 0.240 e. The van der Waals surface area contributed by atoms with E-state index in [1.165, 1.54) is 18.2 Å². The number of fused-ring (bicyclic) bond motifs is 3. The summed E-state index contributed by atoms with van der Waals surface area (Å²) in [5.41, 5.74) is 0. The van der Waals surface area contributed by atoms with Crippen LogP contribution in [-0.4, -0.2) is 39.0 Å².